The molecule has 0 heterocycles. The van der Waals surface area contributed by atoms with Crippen molar-refractivity contribution < 1.29 is 66.6 Å². The van der Waals surface area contributed by atoms with Gasteiger partial charge in [-0.05, 0) is 19.1 Å². The van der Waals surface area contributed by atoms with Crippen LogP contribution in [0.2, 0.25) is 19.1 Å². The van der Waals surface area contributed by atoms with Crippen molar-refractivity contribution in [3.05, 3.63) is 0 Å². The summed E-state index contributed by atoms with van der Waals surface area (Å²) in [5, 5.41) is 10.2. The quantitative estimate of drug-likeness (QED) is 0.298. The Balaban J connectivity index is 5.86. The third-order valence-electron chi connectivity index (χ3n) is 3.62. The molecule has 0 aromatic rings. The predicted molar refractivity (Wildman–Crippen MR) is 69.2 cm³/mol. The minimum Gasteiger partial charge on any atom is -0.415 e. The zero-order chi connectivity index (χ0) is 23.0. The highest BCUT2D eigenvalue weighted by molar-refractivity contribution is 6.71. The van der Waals surface area contributed by atoms with Gasteiger partial charge in [-0.1, -0.05) is 0 Å². The Morgan fingerprint density at radius 1 is 0.679 bits per heavy atom. The van der Waals surface area contributed by atoms with E-state index in [0.717, 1.165) is 13.1 Å². The Morgan fingerprint density at radius 2 is 1.07 bits per heavy atom. The van der Waals surface area contributed by atoms with E-state index in [1.54, 1.807) is 0 Å². The second kappa shape index (κ2) is 7.81. The number of hydrogen-bond donors (Lipinski definition) is 0. The SMILES string of the molecule is C[Si](C)(CCC(F)(F)C(F)(F)C(F)(F)C(F)(F)C(F)(F)C(F)(F)F)OCC[O]. The van der Waals surface area contributed by atoms with E-state index in [4.69, 9.17) is 4.43 Å². The molecule has 169 valence electrons. The summed E-state index contributed by atoms with van der Waals surface area (Å²) in [7, 11) is -3.36. The highest BCUT2D eigenvalue weighted by Gasteiger charge is 2.90. The second-order valence-corrected chi connectivity index (χ2v) is 10.6. The maximum atomic E-state index is 13.6. The van der Waals surface area contributed by atoms with Gasteiger partial charge in [-0.25, -0.2) is 5.11 Å². The maximum Gasteiger partial charge on any atom is 0.460 e. The molecule has 0 aromatic heterocycles. The highest BCUT2D eigenvalue weighted by atomic mass is 28.4. The molecule has 0 saturated heterocycles. The summed E-state index contributed by atoms with van der Waals surface area (Å²) in [5.41, 5.74) is 0. The molecule has 1 radical (unpaired) electrons. The molecule has 0 saturated carbocycles. The van der Waals surface area contributed by atoms with E-state index in [-0.39, 0.29) is 0 Å². The Bertz CT molecular complexity index is 530. The second-order valence-electron chi connectivity index (χ2n) is 6.31. The number of alkyl halides is 13. The summed E-state index contributed by atoms with van der Waals surface area (Å²) in [6, 6.07) is -1.12. The van der Waals surface area contributed by atoms with Gasteiger partial charge < -0.3 is 4.43 Å². The van der Waals surface area contributed by atoms with Crippen molar-refractivity contribution in [1.29, 1.82) is 0 Å². The van der Waals surface area contributed by atoms with Crippen LogP contribution < -0.4 is 0 Å². The van der Waals surface area contributed by atoms with Crippen LogP contribution in [0.4, 0.5) is 57.1 Å². The number of halogens is 13. The van der Waals surface area contributed by atoms with Crippen molar-refractivity contribution in [3.63, 3.8) is 0 Å². The fourth-order valence-electron chi connectivity index (χ4n) is 1.81. The zero-order valence-electron chi connectivity index (χ0n) is 14.1. The van der Waals surface area contributed by atoms with Crippen LogP contribution in [0.1, 0.15) is 6.42 Å². The first-order valence-electron chi connectivity index (χ1n) is 7.20. The van der Waals surface area contributed by atoms with Crippen molar-refractivity contribution in [2.75, 3.05) is 13.2 Å². The molecular weight excluding hydrogens is 451 g/mol. The van der Waals surface area contributed by atoms with Gasteiger partial charge in [0.25, 0.3) is 0 Å². The molecule has 0 bridgehead atoms. The molecule has 0 aliphatic rings. The summed E-state index contributed by atoms with van der Waals surface area (Å²) in [6.07, 6.45) is -9.71. The Kier molecular flexibility index (Phi) is 7.59. The molecular formula is C12H14F13O2Si. The van der Waals surface area contributed by atoms with Gasteiger partial charge in [0.05, 0.1) is 6.61 Å². The van der Waals surface area contributed by atoms with Gasteiger partial charge in [-0.15, -0.1) is 0 Å². The van der Waals surface area contributed by atoms with E-state index >= 15 is 0 Å². The Hall–Kier alpha value is -0.773. The third kappa shape index (κ3) is 4.68. The van der Waals surface area contributed by atoms with Gasteiger partial charge in [0, 0.05) is 6.42 Å². The van der Waals surface area contributed by atoms with Crippen LogP contribution >= 0.6 is 0 Å². The molecule has 0 aliphatic heterocycles. The minimum atomic E-state index is -7.89. The van der Waals surface area contributed by atoms with Crippen LogP contribution in [0.3, 0.4) is 0 Å². The average Bonchev–Trinajstić information content (AvgIpc) is 2.49. The molecule has 0 rings (SSSR count). The maximum absolute atomic E-state index is 13.6. The van der Waals surface area contributed by atoms with Gasteiger partial charge in [-0.3, -0.25) is 0 Å². The van der Waals surface area contributed by atoms with Crippen LogP contribution in [0, 0.1) is 0 Å². The molecule has 0 aromatic carbocycles. The first kappa shape index (κ1) is 27.2. The van der Waals surface area contributed by atoms with Gasteiger partial charge in [0.15, 0.2) is 8.32 Å². The minimum absolute atomic E-state index is 0.562. The summed E-state index contributed by atoms with van der Waals surface area (Å²) < 4.78 is 173. The normalized spacial score (nSPS) is 15.9. The molecule has 0 spiro atoms. The van der Waals surface area contributed by atoms with Crippen molar-refractivity contribution in [2.45, 2.75) is 61.3 Å². The lowest BCUT2D eigenvalue weighted by Gasteiger charge is -2.40. The molecule has 0 amide bonds. The summed E-state index contributed by atoms with van der Waals surface area (Å²) in [6.45, 7) is 0.704. The fraction of sp³-hybridized carbons (Fsp3) is 1.00. The fourth-order valence-corrected chi connectivity index (χ4v) is 3.50. The van der Waals surface area contributed by atoms with Crippen LogP contribution in [-0.2, 0) is 9.53 Å². The van der Waals surface area contributed by atoms with Gasteiger partial charge in [0.2, 0.25) is 0 Å². The summed E-state index contributed by atoms with van der Waals surface area (Å²) >= 11 is 0. The van der Waals surface area contributed by atoms with Gasteiger partial charge in [0.1, 0.15) is 6.61 Å². The van der Waals surface area contributed by atoms with Crippen LogP contribution in [0.15, 0.2) is 0 Å². The lowest BCUT2D eigenvalue weighted by Crippen LogP contribution is -2.70. The third-order valence-corrected chi connectivity index (χ3v) is 6.06. The Labute approximate surface area is 150 Å². The lowest BCUT2D eigenvalue weighted by molar-refractivity contribution is -0.439. The van der Waals surface area contributed by atoms with Crippen LogP contribution in [0.25, 0.3) is 0 Å². The van der Waals surface area contributed by atoms with E-state index in [9.17, 15) is 62.2 Å². The monoisotopic (exact) mass is 465 g/mol. The summed E-state index contributed by atoms with van der Waals surface area (Å²) in [4.78, 5) is 0. The lowest BCUT2D eigenvalue weighted by atomic mass is 9.93. The molecule has 2 nitrogen and oxygen atoms in total. The van der Waals surface area contributed by atoms with E-state index in [0.29, 0.717) is 0 Å². The molecule has 0 N–H and O–H groups in total. The topological polar surface area (TPSA) is 29.1 Å². The Morgan fingerprint density at radius 3 is 1.43 bits per heavy atom. The molecule has 0 fully saturated rings. The molecule has 0 unspecified atom stereocenters. The average molecular weight is 465 g/mol. The standard InChI is InChI=1S/C12H14F13O2Si/c1-28(2,27-5-4-26)6-3-7(13,14)8(15,16)9(17,18)10(19,20)11(21,22)12(23,24)25/h3-6H2,1-2H3. The van der Waals surface area contributed by atoms with Crippen molar-refractivity contribution in [1.82, 2.24) is 0 Å². The van der Waals surface area contributed by atoms with E-state index in [1.807, 2.05) is 0 Å². The first-order chi connectivity index (χ1) is 12.0. The van der Waals surface area contributed by atoms with Crippen LogP contribution in [0.5, 0.6) is 0 Å². The van der Waals surface area contributed by atoms with E-state index in [1.165, 1.54) is 0 Å². The zero-order valence-corrected chi connectivity index (χ0v) is 15.1. The van der Waals surface area contributed by atoms with Gasteiger partial charge in [-0.2, -0.15) is 57.1 Å². The molecule has 28 heavy (non-hydrogen) atoms. The highest BCUT2D eigenvalue weighted by Crippen LogP contribution is 2.60. The molecule has 0 aliphatic carbocycles. The van der Waals surface area contributed by atoms with Crippen molar-refractivity contribution in [2.24, 2.45) is 0 Å². The smallest absolute Gasteiger partial charge is 0.415 e. The van der Waals surface area contributed by atoms with Crippen LogP contribution in [-0.4, -0.2) is 57.3 Å². The molecule has 16 heteroatoms. The van der Waals surface area contributed by atoms with Crippen molar-refractivity contribution >= 4 is 8.32 Å². The van der Waals surface area contributed by atoms with Gasteiger partial charge >= 0.3 is 35.8 Å². The predicted octanol–water partition coefficient (Wildman–Crippen LogP) is 5.77. The van der Waals surface area contributed by atoms with Crippen molar-refractivity contribution in [3.8, 4) is 0 Å². The van der Waals surface area contributed by atoms with E-state index < -0.39 is 69.8 Å². The first-order valence-corrected chi connectivity index (χ1v) is 10.3. The molecule has 0 atom stereocenters. The number of rotatable bonds is 10. The summed E-state index contributed by atoms with van der Waals surface area (Å²) in [5.74, 6) is -36.8. The van der Waals surface area contributed by atoms with E-state index in [2.05, 4.69) is 0 Å². The number of hydrogen-bond acceptors (Lipinski definition) is 1. The largest absolute Gasteiger partial charge is 0.460 e.